The van der Waals surface area contributed by atoms with E-state index in [1.165, 1.54) is 0 Å². The highest BCUT2D eigenvalue weighted by atomic mass is 35.5. The summed E-state index contributed by atoms with van der Waals surface area (Å²) in [5.74, 6) is -1.85. The van der Waals surface area contributed by atoms with E-state index in [2.05, 4.69) is 26.0 Å². The van der Waals surface area contributed by atoms with E-state index in [4.69, 9.17) is 46.4 Å². The number of benzene rings is 2. The van der Waals surface area contributed by atoms with Crippen LogP contribution in [0.3, 0.4) is 0 Å². The van der Waals surface area contributed by atoms with Gasteiger partial charge in [0.1, 0.15) is 24.0 Å². The highest BCUT2D eigenvalue weighted by Crippen LogP contribution is 2.53. The Morgan fingerprint density at radius 2 is 1.97 bits per heavy atom. The third-order valence-electron chi connectivity index (χ3n) is 6.89. The number of nitriles is 1. The van der Waals surface area contributed by atoms with Gasteiger partial charge < -0.3 is 25.1 Å². The number of carboxylic acids is 1. The molecule has 1 spiro atoms. The number of rotatable bonds is 3. The van der Waals surface area contributed by atoms with Crippen LogP contribution >= 0.6 is 11.6 Å². The molecule has 0 aromatic heterocycles. The van der Waals surface area contributed by atoms with Crippen molar-refractivity contribution in [3.63, 3.8) is 0 Å². The smallest absolute Gasteiger partial charge is 0.490 e. The third-order valence-corrected chi connectivity index (χ3v) is 7.11. The molecule has 2 aromatic rings. The van der Waals surface area contributed by atoms with Crippen LogP contribution in [0.15, 0.2) is 41.4 Å². The Balaban J connectivity index is 0.000000448. The largest absolute Gasteiger partial charge is 0.490 e. The predicted molar refractivity (Wildman–Crippen MR) is 136 cm³/mol. The van der Waals surface area contributed by atoms with Crippen LogP contribution in [0, 0.1) is 17.2 Å². The molecule has 0 unspecified atom stereocenters. The van der Waals surface area contributed by atoms with Gasteiger partial charge in [-0.2, -0.15) is 18.4 Å². The maximum Gasteiger partial charge on any atom is 0.490 e. The van der Waals surface area contributed by atoms with Gasteiger partial charge in [0.05, 0.1) is 23.8 Å². The molecule has 0 radical (unpaired) electrons. The van der Waals surface area contributed by atoms with Crippen LogP contribution in [0.5, 0.6) is 5.75 Å². The lowest BCUT2D eigenvalue weighted by Crippen LogP contribution is -2.52. The molecule has 3 N–H and O–H groups in total. The summed E-state index contributed by atoms with van der Waals surface area (Å²) in [5, 5.41) is 17.0. The molecule has 0 bridgehead atoms. The number of ether oxygens (including phenoxy) is 3. The summed E-state index contributed by atoms with van der Waals surface area (Å²) < 4.78 is 50.1. The van der Waals surface area contributed by atoms with Gasteiger partial charge in [0.2, 0.25) is 0 Å². The molecule has 0 amide bonds. The molecule has 39 heavy (non-hydrogen) atoms. The van der Waals surface area contributed by atoms with Crippen molar-refractivity contribution in [1.29, 1.82) is 5.26 Å². The van der Waals surface area contributed by atoms with Crippen LogP contribution in [0.2, 0.25) is 5.02 Å². The second-order valence-corrected chi connectivity index (χ2v) is 10.3. The van der Waals surface area contributed by atoms with Crippen LogP contribution in [0.25, 0.3) is 11.1 Å². The van der Waals surface area contributed by atoms with E-state index in [9.17, 15) is 18.4 Å². The Bertz CT molecular complexity index is 1330. The van der Waals surface area contributed by atoms with Gasteiger partial charge in [-0.25, -0.2) is 9.79 Å². The molecular formula is C27H27ClF3N3O5. The molecule has 0 saturated heterocycles. The van der Waals surface area contributed by atoms with Crippen molar-refractivity contribution < 1.29 is 37.3 Å². The number of nitrogens with two attached hydrogens (primary N) is 1. The van der Waals surface area contributed by atoms with Crippen molar-refractivity contribution in [1.82, 2.24) is 0 Å². The summed E-state index contributed by atoms with van der Waals surface area (Å²) in [6.45, 7) is 4.51. The van der Waals surface area contributed by atoms with Crippen LogP contribution in [-0.4, -0.2) is 48.2 Å². The van der Waals surface area contributed by atoms with Gasteiger partial charge in [0.25, 0.3) is 6.02 Å². The minimum atomic E-state index is -5.08. The maximum absolute atomic E-state index is 10.6. The molecule has 1 aliphatic carbocycles. The Labute approximate surface area is 228 Å². The Morgan fingerprint density at radius 3 is 2.56 bits per heavy atom. The summed E-state index contributed by atoms with van der Waals surface area (Å²) in [5.41, 5.74) is 8.71. The van der Waals surface area contributed by atoms with E-state index in [0.29, 0.717) is 17.2 Å². The number of hydrogen-bond acceptors (Lipinski definition) is 7. The molecular weight excluding hydrogens is 539 g/mol. The Hall–Kier alpha value is -3.49. The van der Waals surface area contributed by atoms with Crippen molar-refractivity contribution in [3.05, 3.63) is 52.5 Å². The summed E-state index contributed by atoms with van der Waals surface area (Å²) in [6.07, 6.45) is -2.02. The molecule has 2 aromatic carbocycles. The van der Waals surface area contributed by atoms with Crippen molar-refractivity contribution in [2.24, 2.45) is 16.6 Å². The van der Waals surface area contributed by atoms with Crippen LogP contribution in [-0.2, 0) is 19.8 Å². The van der Waals surface area contributed by atoms with Crippen LogP contribution in [0.1, 0.15) is 44.2 Å². The lowest BCUT2D eigenvalue weighted by molar-refractivity contribution is -0.192. The van der Waals surface area contributed by atoms with Crippen molar-refractivity contribution in [2.45, 2.75) is 63.1 Å². The standard InChI is InChI=1S/C25H26ClN3O3.C2HF3O2/c1-14(2)31-19-4-6-23-21(11-19)25(13-30-24(28)29-25)20-10-16(3-5-22(20)32-23)17-7-15(12-27)8-18(26)9-17;3-2(4,5)1(6)7/h3,5,7-10,14,19,21,23H,4,6,11,13H2,1-2H3,(H2,28,29);(H,6,7)/t19-,21+,23+,25+;/m1./s1. The first-order valence-electron chi connectivity index (χ1n) is 12.3. The number of aliphatic carboxylic acids is 1. The van der Waals surface area contributed by atoms with E-state index in [0.717, 1.165) is 41.7 Å². The van der Waals surface area contributed by atoms with E-state index in [1.54, 1.807) is 6.07 Å². The number of halogens is 4. The SMILES string of the molecule is CC(C)O[C@@H]1CC[C@@H]2Oc3ccc(-c4cc(Cl)cc(C#N)c4)cc3[C@@]3(COC(N)=N3)[C@H]2C1.O=C(O)C(F)(F)F. The second-order valence-electron chi connectivity index (χ2n) is 9.90. The summed E-state index contributed by atoms with van der Waals surface area (Å²) >= 11 is 6.26. The number of fused-ring (bicyclic) bond motifs is 4. The fourth-order valence-electron chi connectivity index (χ4n) is 5.36. The minimum absolute atomic E-state index is 0.0370. The normalized spacial score (nSPS) is 25.3. The Morgan fingerprint density at radius 1 is 1.26 bits per heavy atom. The van der Waals surface area contributed by atoms with Gasteiger partial charge in [-0.05, 0) is 74.6 Å². The zero-order valence-corrected chi connectivity index (χ0v) is 21.9. The van der Waals surface area contributed by atoms with Crippen molar-refractivity contribution in [2.75, 3.05) is 6.61 Å². The molecule has 1 saturated carbocycles. The molecule has 12 heteroatoms. The van der Waals surface area contributed by atoms with Gasteiger partial charge in [0.15, 0.2) is 0 Å². The number of hydrogen-bond donors (Lipinski definition) is 2. The molecule has 208 valence electrons. The zero-order valence-electron chi connectivity index (χ0n) is 21.2. The molecule has 2 aliphatic heterocycles. The lowest BCUT2D eigenvalue weighted by Gasteiger charge is -2.48. The highest BCUT2D eigenvalue weighted by molar-refractivity contribution is 6.31. The number of carbonyl (C=O) groups is 1. The lowest BCUT2D eigenvalue weighted by atomic mass is 9.67. The number of amidine groups is 1. The fraction of sp³-hybridized carbons (Fsp3) is 0.444. The number of carboxylic acid groups (broad SMARTS) is 1. The van der Waals surface area contributed by atoms with Gasteiger partial charge >= 0.3 is 12.1 Å². The van der Waals surface area contributed by atoms with Gasteiger partial charge in [0, 0.05) is 16.5 Å². The minimum Gasteiger partial charge on any atom is -0.490 e. The van der Waals surface area contributed by atoms with Gasteiger partial charge in [-0.3, -0.25) is 0 Å². The third kappa shape index (κ3) is 6.07. The molecule has 1 fully saturated rings. The molecule has 4 atom stereocenters. The summed E-state index contributed by atoms with van der Waals surface area (Å²) in [6, 6.07) is 13.8. The summed E-state index contributed by atoms with van der Waals surface area (Å²) in [7, 11) is 0. The van der Waals surface area contributed by atoms with Gasteiger partial charge in [-0.15, -0.1) is 0 Å². The average Bonchev–Trinajstić information content (AvgIpc) is 3.25. The second kappa shape index (κ2) is 10.9. The number of nitrogens with zero attached hydrogens (tertiary/aromatic N) is 2. The molecule has 2 heterocycles. The highest BCUT2D eigenvalue weighted by Gasteiger charge is 2.55. The summed E-state index contributed by atoms with van der Waals surface area (Å²) in [4.78, 5) is 13.8. The van der Waals surface area contributed by atoms with Crippen molar-refractivity contribution in [3.8, 4) is 22.9 Å². The van der Waals surface area contributed by atoms with E-state index in [1.807, 2.05) is 24.3 Å². The number of aliphatic imine (C=N–C) groups is 1. The van der Waals surface area contributed by atoms with Crippen LogP contribution in [0.4, 0.5) is 13.2 Å². The monoisotopic (exact) mass is 565 g/mol. The van der Waals surface area contributed by atoms with E-state index < -0.39 is 17.7 Å². The molecule has 3 aliphatic rings. The first-order valence-corrected chi connectivity index (χ1v) is 12.7. The fourth-order valence-corrected chi connectivity index (χ4v) is 5.60. The zero-order chi connectivity index (χ0) is 28.5. The molecule has 8 nitrogen and oxygen atoms in total. The number of alkyl halides is 3. The first kappa shape index (κ1) is 28.5. The topological polar surface area (TPSA) is 127 Å². The first-order chi connectivity index (χ1) is 18.3. The Kier molecular flexibility index (Phi) is 8.00. The maximum atomic E-state index is 10.6. The average molecular weight is 566 g/mol. The molecule has 5 rings (SSSR count). The quantitative estimate of drug-likeness (QED) is 0.509. The van der Waals surface area contributed by atoms with Crippen molar-refractivity contribution >= 4 is 23.6 Å². The van der Waals surface area contributed by atoms with Gasteiger partial charge in [-0.1, -0.05) is 17.7 Å². The predicted octanol–water partition coefficient (Wildman–Crippen LogP) is 5.41. The van der Waals surface area contributed by atoms with Crippen LogP contribution < -0.4 is 10.5 Å². The van der Waals surface area contributed by atoms with E-state index >= 15 is 0 Å². The van der Waals surface area contributed by atoms with E-state index in [-0.39, 0.29) is 30.3 Å².